The molecule has 1 N–H and O–H groups in total. The number of likely N-dealkylation sites (N-methyl/N-ethyl adjacent to an activating group) is 1. The van der Waals surface area contributed by atoms with Gasteiger partial charge in [-0.2, -0.15) is 0 Å². The average molecular weight is 255 g/mol. The maximum atomic E-state index is 4.02. The summed E-state index contributed by atoms with van der Waals surface area (Å²) in [5, 5.41) is 3.24. The van der Waals surface area contributed by atoms with E-state index in [1.54, 1.807) is 0 Å². The Balaban J connectivity index is 2.91. The summed E-state index contributed by atoms with van der Waals surface area (Å²) in [6, 6.07) is 8.69. The fourth-order valence-corrected chi connectivity index (χ4v) is 1.86. The van der Waals surface area contributed by atoms with E-state index < -0.39 is 0 Å². The molecular formula is C18H25N. The molecule has 0 aliphatic carbocycles. The van der Waals surface area contributed by atoms with Crippen molar-refractivity contribution < 1.29 is 0 Å². The average Bonchev–Trinajstić information content (AvgIpc) is 2.41. The first-order valence-corrected chi connectivity index (χ1v) is 6.96. The van der Waals surface area contributed by atoms with Crippen LogP contribution < -0.4 is 5.32 Å². The van der Waals surface area contributed by atoms with Crippen LogP contribution in [-0.2, 0) is 0 Å². The van der Waals surface area contributed by atoms with Gasteiger partial charge < -0.3 is 5.32 Å². The fraction of sp³-hybridized carbons (Fsp3) is 0.333. The monoisotopic (exact) mass is 255 g/mol. The highest BCUT2D eigenvalue weighted by atomic mass is 14.9. The van der Waals surface area contributed by atoms with Gasteiger partial charge in [-0.25, -0.2) is 0 Å². The Hall–Kier alpha value is -1.76. The van der Waals surface area contributed by atoms with Gasteiger partial charge in [0, 0.05) is 12.2 Å². The van der Waals surface area contributed by atoms with Gasteiger partial charge in [-0.1, -0.05) is 55.5 Å². The molecule has 0 aliphatic rings. The molecule has 0 fully saturated rings. The molecule has 1 rings (SSSR count). The van der Waals surface area contributed by atoms with Crippen molar-refractivity contribution >= 4 is 5.57 Å². The van der Waals surface area contributed by atoms with Crippen molar-refractivity contribution in [2.75, 3.05) is 6.54 Å². The first kappa shape index (κ1) is 15.3. The van der Waals surface area contributed by atoms with Crippen LogP contribution in [0.15, 0.2) is 54.3 Å². The predicted molar refractivity (Wildman–Crippen MR) is 86.0 cm³/mol. The smallest absolute Gasteiger partial charge is 0.0296 e. The van der Waals surface area contributed by atoms with Gasteiger partial charge in [-0.15, -0.1) is 0 Å². The Labute approximate surface area is 117 Å². The Morgan fingerprint density at radius 3 is 2.32 bits per heavy atom. The minimum Gasteiger partial charge on any atom is -0.386 e. The van der Waals surface area contributed by atoms with E-state index in [2.05, 4.69) is 76.0 Å². The number of nitrogens with one attached hydrogen (secondary N) is 1. The molecule has 0 bridgehead atoms. The maximum absolute atomic E-state index is 4.02. The summed E-state index contributed by atoms with van der Waals surface area (Å²) in [6.07, 6.45) is 5.37. The maximum Gasteiger partial charge on any atom is 0.0296 e. The number of allylic oxidation sites excluding steroid dienone is 4. The Morgan fingerprint density at radius 1 is 1.16 bits per heavy atom. The van der Waals surface area contributed by atoms with E-state index in [1.807, 2.05) is 0 Å². The van der Waals surface area contributed by atoms with Crippen LogP contribution in [-0.4, -0.2) is 6.54 Å². The van der Waals surface area contributed by atoms with E-state index in [4.69, 9.17) is 0 Å². The topological polar surface area (TPSA) is 12.0 Å². The molecule has 0 aliphatic heterocycles. The molecule has 1 aromatic rings. The lowest BCUT2D eigenvalue weighted by molar-refractivity contribution is 0.866. The second-order valence-corrected chi connectivity index (χ2v) is 4.77. The van der Waals surface area contributed by atoms with Crippen LogP contribution in [0.5, 0.6) is 0 Å². The van der Waals surface area contributed by atoms with Crippen molar-refractivity contribution in [3.63, 3.8) is 0 Å². The highest BCUT2D eigenvalue weighted by molar-refractivity contribution is 5.67. The van der Waals surface area contributed by atoms with Crippen LogP contribution in [0.25, 0.3) is 5.57 Å². The van der Waals surface area contributed by atoms with Crippen molar-refractivity contribution in [3.8, 4) is 0 Å². The van der Waals surface area contributed by atoms with Crippen molar-refractivity contribution in [1.82, 2.24) is 5.32 Å². The van der Waals surface area contributed by atoms with Gasteiger partial charge in [-0.05, 0) is 43.9 Å². The van der Waals surface area contributed by atoms with Crippen molar-refractivity contribution in [3.05, 3.63) is 65.4 Å². The summed E-state index contributed by atoms with van der Waals surface area (Å²) >= 11 is 0. The van der Waals surface area contributed by atoms with E-state index >= 15 is 0 Å². The molecular weight excluding hydrogens is 230 g/mol. The van der Waals surface area contributed by atoms with Crippen molar-refractivity contribution in [2.24, 2.45) is 0 Å². The van der Waals surface area contributed by atoms with Crippen LogP contribution in [0.4, 0.5) is 0 Å². The molecule has 1 heteroatoms. The molecule has 0 unspecified atom stereocenters. The van der Waals surface area contributed by atoms with Crippen molar-refractivity contribution in [2.45, 2.75) is 34.1 Å². The molecule has 19 heavy (non-hydrogen) atoms. The van der Waals surface area contributed by atoms with Crippen molar-refractivity contribution in [1.29, 1.82) is 0 Å². The molecule has 0 saturated heterocycles. The number of aryl methyl sites for hydroxylation is 1. The minimum absolute atomic E-state index is 0.909. The number of hydrogen-bond donors (Lipinski definition) is 1. The normalized spacial score (nSPS) is 12.4. The Kier molecular flexibility index (Phi) is 6.14. The third-order valence-corrected chi connectivity index (χ3v) is 3.20. The number of hydrogen-bond acceptors (Lipinski definition) is 1. The molecule has 1 aromatic carbocycles. The fourth-order valence-electron chi connectivity index (χ4n) is 1.86. The summed E-state index contributed by atoms with van der Waals surface area (Å²) in [6.45, 7) is 13.4. The summed E-state index contributed by atoms with van der Waals surface area (Å²) in [7, 11) is 0. The summed E-state index contributed by atoms with van der Waals surface area (Å²) in [5.74, 6) is 0. The van der Waals surface area contributed by atoms with Gasteiger partial charge in [0.2, 0.25) is 0 Å². The zero-order valence-electron chi connectivity index (χ0n) is 12.6. The lowest BCUT2D eigenvalue weighted by Crippen LogP contribution is -2.11. The van der Waals surface area contributed by atoms with E-state index in [-0.39, 0.29) is 0 Å². The molecule has 0 heterocycles. The molecule has 0 atom stereocenters. The number of rotatable bonds is 6. The number of benzene rings is 1. The Morgan fingerprint density at radius 2 is 1.79 bits per heavy atom. The molecule has 102 valence electrons. The van der Waals surface area contributed by atoms with Crippen LogP contribution in [0.3, 0.4) is 0 Å². The molecule has 0 spiro atoms. The lowest BCUT2D eigenvalue weighted by Gasteiger charge is -2.08. The molecule has 0 amide bonds. The van der Waals surface area contributed by atoms with Gasteiger partial charge in [0.1, 0.15) is 0 Å². The van der Waals surface area contributed by atoms with Crippen LogP contribution in [0, 0.1) is 6.92 Å². The third-order valence-electron chi connectivity index (χ3n) is 3.20. The van der Waals surface area contributed by atoms with Gasteiger partial charge >= 0.3 is 0 Å². The van der Waals surface area contributed by atoms with Gasteiger partial charge in [0.15, 0.2) is 0 Å². The zero-order chi connectivity index (χ0) is 14.3. The summed E-state index contributed by atoms with van der Waals surface area (Å²) in [4.78, 5) is 0. The molecule has 0 aromatic heterocycles. The highest BCUT2D eigenvalue weighted by Gasteiger charge is 1.98. The van der Waals surface area contributed by atoms with Crippen LogP contribution in [0.1, 0.15) is 38.3 Å². The minimum atomic E-state index is 0.909. The SMILES string of the molecule is C=C(NCC)/C(C)=C/C=C(\CC)c1ccc(C)cc1. The summed E-state index contributed by atoms with van der Waals surface area (Å²) < 4.78 is 0. The van der Waals surface area contributed by atoms with Crippen LogP contribution >= 0.6 is 0 Å². The highest BCUT2D eigenvalue weighted by Crippen LogP contribution is 2.19. The van der Waals surface area contributed by atoms with E-state index in [9.17, 15) is 0 Å². The first-order valence-electron chi connectivity index (χ1n) is 6.96. The van der Waals surface area contributed by atoms with Gasteiger partial charge in [-0.3, -0.25) is 0 Å². The lowest BCUT2D eigenvalue weighted by atomic mass is 10.0. The standard InChI is InChI=1S/C18H25N/c1-6-17(18-11-8-14(3)9-12-18)13-10-15(4)16(5)19-7-2/h8-13,19H,5-7H2,1-4H3/b15-10+,17-13+. The molecule has 0 saturated carbocycles. The second kappa shape index (κ2) is 7.63. The second-order valence-electron chi connectivity index (χ2n) is 4.77. The third kappa shape index (κ3) is 4.78. The molecule has 1 nitrogen and oxygen atoms in total. The zero-order valence-corrected chi connectivity index (χ0v) is 12.6. The van der Waals surface area contributed by atoms with Crippen LogP contribution in [0.2, 0.25) is 0 Å². The largest absolute Gasteiger partial charge is 0.386 e. The van der Waals surface area contributed by atoms with E-state index in [0.29, 0.717) is 0 Å². The van der Waals surface area contributed by atoms with Gasteiger partial charge in [0.25, 0.3) is 0 Å². The Bertz CT molecular complexity index is 475. The molecule has 0 radical (unpaired) electrons. The first-order chi connectivity index (χ1) is 9.08. The summed E-state index contributed by atoms with van der Waals surface area (Å²) in [5.41, 5.74) is 6.12. The quantitative estimate of drug-likeness (QED) is 0.716. The van der Waals surface area contributed by atoms with E-state index in [0.717, 1.165) is 18.7 Å². The van der Waals surface area contributed by atoms with E-state index in [1.165, 1.54) is 22.3 Å². The van der Waals surface area contributed by atoms with Gasteiger partial charge in [0.05, 0.1) is 0 Å². The predicted octanol–water partition coefficient (Wildman–Crippen LogP) is 4.86.